The van der Waals surface area contributed by atoms with Crippen LogP contribution in [0.2, 0.25) is 0 Å². The lowest BCUT2D eigenvalue weighted by Crippen LogP contribution is -2.30. The Kier molecular flexibility index (Phi) is 2.79. The molecule has 2 N–H and O–H groups in total. The minimum atomic E-state index is -0.324. The zero-order valence-electron chi connectivity index (χ0n) is 9.14. The number of hydrogen-bond donors (Lipinski definition) is 1. The average molecular weight is 229 g/mol. The number of benzene rings is 1. The molecule has 0 fully saturated rings. The number of unbranched alkanes of at least 4 members (excludes halogenated alkanes) is 1. The molecule has 0 saturated carbocycles. The smallest absolute Gasteiger partial charge is 0.261 e. The van der Waals surface area contributed by atoms with Crippen molar-refractivity contribution in [1.29, 1.82) is 5.26 Å². The number of carbonyl (C=O) groups is 2. The van der Waals surface area contributed by atoms with Crippen LogP contribution in [0, 0.1) is 11.3 Å². The van der Waals surface area contributed by atoms with Gasteiger partial charge in [-0.25, -0.2) is 0 Å². The second-order valence-corrected chi connectivity index (χ2v) is 3.83. The van der Waals surface area contributed by atoms with Crippen LogP contribution in [0.1, 0.15) is 33.6 Å². The topological polar surface area (TPSA) is 87.2 Å². The zero-order valence-corrected chi connectivity index (χ0v) is 9.14. The van der Waals surface area contributed by atoms with Gasteiger partial charge in [-0.05, 0) is 24.6 Å². The molecule has 1 aliphatic heterocycles. The molecule has 0 saturated heterocycles. The first kappa shape index (κ1) is 11.1. The second kappa shape index (κ2) is 4.26. The molecule has 1 heterocycles. The summed E-state index contributed by atoms with van der Waals surface area (Å²) in [6.45, 7) is 0.278. The summed E-state index contributed by atoms with van der Waals surface area (Å²) in [6.07, 6.45) is 0.826. The van der Waals surface area contributed by atoms with Gasteiger partial charge in [0.2, 0.25) is 0 Å². The van der Waals surface area contributed by atoms with Crippen LogP contribution in [0.15, 0.2) is 18.2 Å². The van der Waals surface area contributed by atoms with Crippen molar-refractivity contribution in [3.05, 3.63) is 29.3 Å². The summed E-state index contributed by atoms with van der Waals surface area (Å²) in [5, 5.41) is 8.43. The molecule has 0 radical (unpaired) electrons. The van der Waals surface area contributed by atoms with Gasteiger partial charge in [0.15, 0.2) is 0 Å². The van der Waals surface area contributed by atoms with E-state index in [4.69, 9.17) is 11.0 Å². The highest BCUT2D eigenvalue weighted by Gasteiger charge is 2.34. The Morgan fingerprint density at radius 2 is 1.94 bits per heavy atom. The summed E-state index contributed by atoms with van der Waals surface area (Å²) < 4.78 is 0. The van der Waals surface area contributed by atoms with Crippen LogP contribution < -0.4 is 5.73 Å². The molecular weight excluding hydrogens is 218 g/mol. The van der Waals surface area contributed by atoms with Gasteiger partial charge < -0.3 is 5.73 Å². The molecule has 1 aliphatic rings. The third kappa shape index (κ3) is 1.85. The Hall–Kier alpha value is -2.35. The number of anilines is 1. The molecule has 1 aromatic carbocycles. The number of hydrogen-bond acceptors (Lipinski definition) is 4. The third-order valence-corrected chi connectivity index (χ3v) is 2.67. The van der Waals surface area contributed by atoms with Gasteiger partial charge in [-0.2, -0.15) is 5.26 Å². The summed E-state index contributed by atoms with van der Waals surface area (Å²) in [6, 6.07) is 6.66. The maximum Gasteiger partial charge on any atom is 0.261 e. The minimum absolute atomic E-state index is 0.278. The van der Waals surface area contributed by atoms with Gasteiger partial charge in [0.05, 0.1) is 17.2 Å². The summed E-state index contributed by atoms with van der Waals surface area (Å²) >= 11 is 0. The number of nitrogens with two attached hydrogens (primary N) is 1. The van der Waals surface area contributed by atoms with E-state index in [-0.39, 0.29) is 18.4 Å². The number of rotatable bonds is 3. The third-order valence-electron chi connectivity index (χ3n) is 2.67. The molecule has 0 spiro atoms. The van der Waals surface area contributed by atoms with Gasteiger partial charge in [-0.15, -0.1) is 0 Å². The SMILES string of the molecule is N#CCCCN1C(=O)c2ccc(N)cc2C1=O. The molecule has 5 nitrogen and oxygen atoms in total. The van der Waals surface area contributed by atoms with Crippen molar-refractivity contribution in [2.75, 3.05) is 12.3 Å². The van der Waals surface area contributed by atoms with E-state index in [1.165, 1.54) is 11.0 Å². The monoisotopic (exact) mass is 229 g/mol. The van der Waals surface area contributed by atoms with Crippen LogP contribution in [0.25, 0.3) is 0 Å². The van der Waals surface area contributed by atoms with Gasteiger partial charge >= 0.3 is 0 Å². The Morgan fingerprint density at radius 1 is 1.24 bits per heavy atom. The van der Waals surface area contributed by atoms with Crippen molar-refractivity contribution in [2.45, 2.75) is 12.8 Å². The molecule has 0 bridgehead atoms. The van der Waals surface area contributed by atoms with Crippen LogP contribution >= 0.6 is 0 Å². The summed E-state index contributed by atoms with van der Waals surface area (Å²) in [7, 11) is 0. The number of fused-ring (bicyclic) bond motifs is 1. The standard InChI is InChI=1S/C12H11N3O2/c13-5-1-2-6-15-11(16)9-4-3-8(14)7-10(9)12(15)17/h3-4,7H,1-2,6,14H2. The Bertz CT molecular complexity index is 531. The second-order valence-electron chi connectivity index (χ2n) is 3.83. The zero-order chi connectivity index (χ0) is 12.4. The van der Waals surface area contributed by atoms with Crippen LogP contribution in [0.4, 0.5) is 5.69 Å². The molecule has 17 heavy (non-hydrogen) atoms. The molecule has 5 heteroatoms. The molecule has 0 aliphatic carbocycles. The van der Waals surface area contributed by atoms with E-state index in [0.717, 1.165) is 0 Å². The van der Waals surface area contributed by atoms with Crippen molar-refractivity contribution in [3.8, 4) is 6.07 Å². The first-order chi connectivity index (χ1) is 8.15. The summed E-state index contributed by atoms with van der Waals surface area (Å²) in [5.41, 5.74) is 6.79. The maximum atomic E-state index is 11.9. The molecule has 0 unspecified atom stereocenters. The number of nitriles is 1. The number of nitrogens with zero attached hydrogens (tertiary/aromatic N) is 2. The lowest BCUT2D eigenvalue weighted by atomic mass is 10.1. The molecule has 1 aromatic rings. The normalized spacial score (nSPS) is 13.7. The van der Waals surface area contributed by atoms with E-state index < -0.39 is 0 Å². The quantitative estimate of drug-likeness (QED) is 0.478. The summed E-state index contributed by atoms with van der Waals surface area (Å²) in [5.74, 6) is -0.627. The van der Waals surface area contributed by atoms with Gasteiger partial charge in [-0.3, -0.25) is 14.5 Å². The molecule has 0 atom stereocenters. The number of amides is 2. The highest BCUT2D eigenvalue weighted by atomic mass is 16.2. The predicted molar refractivity (Wildman–Crippen MR) is 61.1 cm³/mol. The van der Waals surface area contributed by atoms with Gasteiger partial charge in [0, 0.05) is 18.7 Å². The molecule has 86 valence electrons. The van der Waals surface area contributed by atoms with Crippen LogP contribution in [-0.2, 0) is 0 Å². The first-order valence-corrected chi connectivity index (χ1v) is 5.28. The minimum Gasteiger partial charge on any atom is -0.399 e. The molecule has 2 rings (SSSR count). The Balaban J connectivity index is 2.24. The van der Waals surface area contributed by atoms with Crippen LogP contribution in [-0.4, -0.2) is 23.3 Å². The van der Waals surface area contributed by atoms with Crippen molar-refractivity contribution in [1.82, 2.24) is 4.90 Å². The van der Waals surface area contributed by atoms with Crippen molar-refractivity contribution in [3.63, 3.8) is 0 Å². The number of imide groups is 1. The predicted octanol–water partition coefficient (Wildman–Crippen LogP) is 1.17. The van der Waals surface area contributed by atoms with E-state index in [0.29, 0.717) is 29.7 Å². The van der Waals surface area contributed by atoms with Crippen LogP contribution in [0.3, 0.4) is 0 Å². The molecular formula is C12H11N3O2. The molecule has 0 aromatic heterocycles. The lowest BCUT2D eigenvalue weighted by molar-refractivity contribution is 0.0653. The first-order valence-electron chi connectivity index (χ1n) is 5.28. The highest BCUT2D eigenvalue weighted by molar-refractivity contribution is 6.21. The van der Waals surface area contributed by atoms with Crippen molar-refractivity contribution >= 4 is 17.5 Å². The van der Waals surface area contributed by atoms with Crippen LogP contribution in [0.5, 0.6) is 0 Å². The van der Waals surface area contributed by atoms with E-state index in [1.54, 1.807) is 12.1 Å². The maximum absolute atomic E-state index is 11.9. The Morgan fingerprint density at radius 3 is 2.65 bits per heavy atom. The molecule has 2 amide bonds. The fraction of sp³-hybridized carbons (Fsp3) is 0.250. The van der Waals surface area contributed by atoms with E-state index in [1.807, 2.05) is 6.07 Å². The van der Waals surface area contributed by atoms with E-state index in [2.05, 4.69) is 0 Å². The lowest BCUT2D eigenvalue weighted by Gasteiger charge is -2.11. The van der Waals surface area contributed by atoms with Crippen molar-refractivity contribution < 1.29 is 9.59 Å². The van der Waals surface area contributed by atoms with Gasteiger partial charge in [0.25, 0.3) is 11.8 Å². The van der Waals surface area contributed by atoms with Gasteiger partial charge in [-0.1, -0.05) is 0 Å². The average Bonchev–Trinajstić information content (AvgIpc) is 2.54. The number of carbonyl (C=O) groups excluding carboxylic acids is 2. The fourth-order valence-corrected chi connectivity index (χ4v) is 1.83. The fourth-order valence-electron chi connectivity index (χ4n) is 1.83. The highest BCUT2D eigenvalue weighted by Crippen LogP contribution is 2.24. The largest absolute Gasteiger partial charge is 0.399 e. The van der Waals surface area contributed by atoms with Crippen molar-refractivity contribution in [2.24, 2.45) is 0 Å². The van der Waals surface area contributed by atoms with Gasteiger partial charge in [0.1, 0.15) is 0 Å². The van der Waals surface area contributed by atoms with E-state index >= 15 is 0 Å². The van der Waals surface area contributed by atoms with E-state index in [9.17, 15) is 9.59 Å². The number of nitrogen functional groups attached to an aromatic ring is 1. The summed E-state index contributed by atoms with van der Waals surface area (Å²) in [4.78, 5) is 25.0. The Labute approximate surface area is 98.4 Å².